The molecule has 0 radical (unpaired) electrons. The molecule has 68 valence electrons. The van der Waals surface area contributed by atoms with Gasteiger partial charge in [0, 0.05) is 0 Å². The topological polar surface area (TPSA) is 0 Å². The molecule has 1 saturated carbocycles. The van der Waals surface area contributed by atoms with Crippen molar-refractivity contribution in [2.24, 2.45) is 11.8 Å². The van der Waals surface area contributed by atoms with Crippen molar-refractivity contribution >= 4 is 0 Å². The van der Waals surface area contributed by atoms with E-state index in [1.54, 1.807) is 0 Å². The van der Waals surface area contributed by atoms with Crippen molar-refractivity contribution in [3.05, 3.63) is 0 Å². The van der Waals surface area contributed by atoms with Crippen molar-refractivity contribution in [1.29, 1.82) is 0 Å². The van der Waals surface area contributed by atoms with Crippen LogP contribution in [0.25, 0.3) is 0 Å². The van der Waals surface area contributed by atoms with Crippen LogP contribution in [0.2, 0.25) is 0 Å². The highest BCUT2D eigenvalue weighted by Crippen LogP contribution is 2.32. The van der Waals surface area contributed by atoms with Crippen molar-refractivity contribution < 1.29 is 0 Å². The molecule has 0 amide bonds. The summed E-state index contributed by atoms with van der Waals surface area (Å²) < 4.78 is 0. The van der Waals surface area contributed by atoms with E-state index in [4.69, 9.17) is 0 Å². The quantitative estimate of drug-likeness (QED) is 0.471. The maximum atomic E-state index is 2.33. The van der Waals surface area contributed by atoms with Crippen LogP contribution in [0.1, 0.15) is 56.4 Å². The molecule has 0 heterocycles. The van der Waals surface area contributed by atoms with Gasteiger partial charge in [-0.3, -0.25) is 0 Å². The SMILES string of the molecule is C.C.C.C.CC1CCC1C. The minimum absolute atomic E-state index is 0. The second-order valence-corrected chi connectivity index (χ2v) is 2.53. The molecule has 0 aliphatic heterocycles. The van der Waals surface area contributed by atoms with E-state index in [-0.39, 0.29) is 29.7 Å². The van der Waals surface area contributed by atoms with Crippen molar-refractivity contribution in [2.45, 2.75) is 56.4 Å². The summed E-state index contributed by atoms with van der Waals surface area (Å²) in [5.74, 6) is 2.06. The van der Waals surface area contributed by atoms with Gasteiger partial charge in [-0.05, 0) is 11.8 Å². The normalized spacial score (nSPS) is 27.0. The van der Waals surface area contributed by atoms with Crippen molar-refractivity contribution in [1.82, 2.24) is 0 Å². The Morgan fingerprint density at radius 1 is 0.700 bits per heavy atom. The first kappa shape index (κ1) is 22.5. The van der Waals surface area contributed by atoms with Gasteiger partial charge in [0.1, 0.15) is 0 Å². The minimum Gasteiger partial charge on any atom is -0.0776 e. The second kappa shape index (κ2) is 9.00. The smallest absolute Gasteiger partial charge is 0.0417 e. The molecule has 0 bridgehead atoms. The van der Waals surface area contributed by atoms with Gasteiger partial charge in [0.25, 0.3) is 0 Å². The Bertz CT molecular complexity index is 40.0. The summed E-state index contributed by atoms with van der Waals surface area (Å²) in [7, 11) is 0. The summed E-state index contributed by atoms with van der Waals surface area (Å²) in [6.07, 6.45) is 2.95. The summed E-state index contributed by atoms with van der Waals surface area (Å²) in [6.45, 7) is 4.66. The predicted octanol–water partition coefficient (Wildman–Crippen LogP) is 4.60. The summed E-state index contributed by atoms with van der Waals surface area (Å²) >= 11 is 0. The first-order valence-electron chi connectivity index (χ1n) is 2.80. The monoisotopic (exact) mass is 148 g/mol. The molecule has 1 fully saturated rings. The molecular formula is C10H28. The van der Waals surface area contributed by atoms with Crippen molar-refractivity contribution in [2.75, 3.05) is 0 Å². The fourth-order valence-corrected chi connectivity index (χ4v) is 0.833. The zero-order valence-electron chi connectivity index (χ0n) is 4.57. The Balaban J connectivity index is -0.0000000450. The molecule has 0 aromatic rings. The number of rotatable bonds is 0. The molecule has 1 rings (SSSR count). The van der Waals surface area contributed by atoms with Crippen LogP contribution in [0, 0.1) is 11.8 Å². The van der Waals surface area contributed by atoms with Crippen LogP contribution >= 0.6 is 0 Å². The highest BCUT2D eigenvalue weighted by Gasteiger charge is 2.20. The first-order chi connectivity index (χ1) is 2.80. The van der Waals surface area contributed by atoms with E-state index in [2.05, 4.69) is 13.8 Å². The van der Waals surface area contributed by atoms with Gasteiger partial charge >= 0.3 is 0 Å². The molecule has 2 unspecified atom stereocenters. The predicted molar refractivity (Wildman–Crippen MR) is 54.5 cm³/mol. The van der Waals surface area contributed by atoms with E-state index >= 15 is 0 Å². The third kappa shape index (κ3) is 4.84. The maximum Gasteiger partial charge on any atom is -0.0417 e. The summed E-state index contributed by atoms with van der Waals surface area (Å²) in [5, 5.41) is 0. The average Bonchev–Trinajstić information content (AvgIpc) is 1.61. The third-order valence-electron chi connectivity index (χ3n) is 2.05. The third-order valence-corrected chi connectivity index (χ3v) is 2.05. The van der Waals surface area contributed by atoms with Gasteiger partial charge in [-0.2, -0.15) is 0 Å². The Morgan fingerprint density at radius 2 is 0.900 bits per heavy atom. The zero-order valence-corrected chi connectivity index (χ0v) is 4.57. The highest BCUT2D eigenvalue weighted by molar-refractivity contribution is 4.71. The lowest BCUT2D eigenvalue weighted by Gasteiger charge is -2.29. The molecule has 0 N–H and O–H groups in total. The molecule has 0 aromatic heterocycles. The summed E-state index contributed by atoms with van der Waals surface area (Å²) in [4.78, 5) is 0. The average molecular weight is 148 g/mol. The Hall–Kier alpha value is 0. The molecule has 0 saturated heterocycles. The van der Waals surface area contributed by atoms with Gasteiger partial charge in [-0.1, -0.05) is 56.4 Å². The maximum absolute atomic E-state index is 2.33. The first-order valence-corrected chi connectivity index (χ1v) is 2.80. The highest BCUT2D eigenvalue weighted by atomic mass is 14.3. The van der Waals surface area contributed by atoms with E-state index in [1.807, 2.05) is 0 Å². The van der Waals surface area contributed by atoms with Gasteiger partial charge in [0.2, 0.25) is 0 Å². The van der Waals surface area contributed by atoms with Crippen LogP contribution in [0.3, 0.4) is 0 Å². The summed E-state index contributed by atoms with van der Waals surface area (Å²) in [5.41, 5.74) is 0. The Morgan fingerprint density at radius 3 is 0.900 bits per heavy atom. The molecule has 0 spiro atoms. The van der Waals surface area contributed by atoms with Crippen LogP contribution in [0.15, 0.2) is 0 Å². The fraction of sp³-hybridized carbons (Fsp3) is 1.00. The van der Waals surface area contributed by atoms with Crippen LogP contribution in [-0.4, -0.2) is 0 Å². The molecule has 0 aromatic carbocycles. The van der Waals surface area contributed by atoms with Crippen LogP contribution < -0.4 is 0 Å². The molecular weight excluding hydrogens is 120 g/mol. The van der Waals surface area contributed by atoms with Crippen molar-refractivity contribution in [3.8, 4) is 0 Å². The van der Waals surface area contributed by atoms with E-state index < -0.39 is 0 Å². The van der Waals surface area contributed by atoms with Gasteiger partial charge in [0.15, 0.2) is 0 Å². The lowest BCUT2D eigenvalue weighted by Crippen LogP contribution is -2.18. The molecule has 10 heavy (non-hydrogen) atoms. The van der Waals surface area contributed by atoms with Gasteiger partial charge in [-0.15, -0.1) is 0 Å². The standard InChI is InChI=1S/C6H12.4CH4/c1-5-3-4-6(5)2;;;;/h5-6H,3-4H2,1-2H3;4*1H4. The molecule has 1 aliphatic rings. The zero-order chi connectivity index (χ0) is 4.57. The lowest BCUT2D eigenvalue weighted by atomic mass is 9.77. The fourth-order valence-electron chi connectivity index (χ4n) is 0.833. The van der Waals surface area contributed by atoms with Crippen LogP contribution in [0.4, 0.5) is 0 Å². The largest absolute Gasteiger partial charge is 0.0776 e. The van der Waals surface area contributed by atoms with E-state index in [1.165, 1.54) is 12.8 Å². The van der Waals surface area contributed by atoms with Crippen molar-refractivity contribution in [3.63, 3.8) is 0 Å². The second-order valence-electron chi connectivity index (χ2n) is 2.53. The van der Waals surface area contributed by atoms with E-state index in [0.717, 1.165) is 11.8 Å². The summed E-state index contributed by atoms with van der Waals surface area (Å²) in [6, 6.07) is 0. The Kier molecular flexibility index (Phi) is 20.2. The van der Waals surface area contributed by atoms with Gasteiger partial charge in [0.05, 0.1) is 0 Å². The van der Waals surface area contributed by atoms with Gasteiger partial charge in [-0.25, -0.2) is 0 Å². The number of hydrogen-bond acceptors (Lipinski definition) is 0. The molecule has 1 aliphatic carbocycles. The Labute approximate surface area is 69.0 Å². The van der Waals surface area contributed by atoms with Crippen LogP contribution in [-0.2, 0) is 0 Å². The lowest BCUT2D eigenvalue weighted by molar-refractivity contribution is 0.219. The minimum atomic E-state index is 0. The molecule has 0 heteroatoms. The number of hydrogen-bond donors (Lipinski definition) is 0. The van der Waals surface area contributed by atoms with E-state index in [9.17, 15) is 0 Å². The molecule has 2 atom stereocenters. The van der Waals surface area contributed by atoms with E-state index in [0.29, 0.717) is 0 Å². The van der Waals surface area contributed by atoms with Crippen LogP contribution in [0.5, 0.6) is 0 Å². The molecule has 0 nitrogen and oxygen atoms in total. The van der Waals surface area contributed by atoms with Gasteiger partial charge < -0.3 is 0 Å².